The number of halogens is 1. The van der Waals surface area contributed by atoms with Crippen molar-refractivity contribution < 1.29 is 5.11 Å². The fourth-order valence-electron chi connectivity index (χ4n) is 0.972. The predicted octanol–water partition coefficient (Wildman–Crippen LogP) is 1.76. The van der Waals surface area contributed by atoms with Gasteiger partial charge < -0.3 is 5.11 Å². The van der Waals surface area contributed by atoms with E-state index in [0.29, 0.717) is 0 Å². The summed E-state index contributed by atoms with van der Waals surface area (Å²) in [6, 6.07) is 5.00. The fraction of sp³-hybridized carbons (Fsp3) is 0. The zero-order valence-corrected chi connectivity index (χ0v) is 6.95. The van der Waals surface area contributed by atoms with Crippen LogP contribution in [0.25, 0.3) is 10.9 Å². The molecule has 2 aromatic rings. The Morgan fingerprint density at radius 3 is 2.92 bits per heavy atom. The average Bonchev–Trinajstić information content (AvgIpc) is 2.04. The van der Waals surface area contributed by atoms with Crippen LogP contribution in [0.15, 0.2) is 30.7 Å². The van der Waals surface area contributed by atoms with Gasteiger partial charge in [-0.15, -0.1) is 12.4 Å². The third-order valence-electron chi connectivity index (χ3n) is 1.49. The van der Waals surface area contributed by atoms with Gasteiger partial charge in [0.1, 0.15) is 12.1 Å². The Hall–Kier alpha value is -1.35. The summed E-state index contributed by atoms with van der Waals surface area (Å²) in [5, 5.41) is 9.93. The number of phenols is 1. The number of fused-ring (bicyclic) bond motifs is 1. The van der Waals surface area contributed by atoms with Crippen LogP contribution in [0.3, 0.4) is 0 Å². The molecule has 0 aliphatic heterocycles. The number of hydrogen-bond donors (Lipinski definition) is 1. The quantitative estimate of drug-likeness (QED) is 0.675. The first kappa shape index (κ1) is 8.74. The maximum absolute atomic E-state index is 9.07. The van der Waals surface area contributed by atoms with Gasteiger partial charge >= 0.3 is 0 Å². The highest BCUT2D eigenvalue weighted by molar-refractivity contribution is 5.85. The maximum atomic E-state index is 9.07. The molecule has 4 heteroatoms. The van der Waals surface area contributed by atoms with Crippen LogP contribution in [0.4, 0.5) is 0 Å². The molecule has 0 amide bonds. The molecule has 1 aromatic heterocycles. The molecule has 0 saturated carbocycles. The van der Waals surface area contributed by atoms with Crippen molar-refractivity contribution in [3.8, 4) is 5.75 Å². The third kappa shape index (κ3) is 1.46. The summed E-state index contributed by atoms with van der Waals surface area (Å²) in [6.07, 6.45) is 3.15. The number of nitrogens with zero attached hydrogens (tertiary/aromatic N) is 2. The monoisotopic (exact) mass is 182 g/mol. The Balaban J connectivity index is 0.000000720. The van der Waals surface area contributed by atoms with Crippen LogP contribution in [0.2, 0.25) is 0 Å². The van der Waals surface area contributed by atoms with Gasteiger partial charge in [-0.1, -0.05) is 0 Å². The standard InChI is InChI=1S/C8H6N2O.ClH/c11-7-1-2-8-6(3-7)4-9-5-10-8;/h1-5,11H;1H. The first-order valence-electron chi connectivity index (χ1n) is 3.25. The lowest BCUT2D eigenvalue weighted by Gasteiger charge is -1.94. The molecule has 0 spiro atoms. The molecule has 3 nitrogen and oxygen atoms in total. The largest absolute Gasteiger partial charge is 0.508 e. The lowest BCUT2D eigenvalue weighted by molar-refractivity contribution is 0.476. The van der Waals surface area contributed by atoms with Gasteiger partial charge in [0, 0.05) is 11.6 Å². The molecule has 0 atom stereocenters. The Labute approximate surface area is 75.5 Å². The van der Waals surface area contributed by atoms with Gasteiger partial charge in [0.15, 0.2) is 0 Å². The molecule has 1 aromatic carbocycles. The molecule has 62 valence electrons. The Morgan fingerprint density at radius 1 is 1.25 bits per heavy atom. The zero-order chi connectivity index (χ0) is 7.68. The fourth-order valence-corrected chi connectivity index (χ4v) is 0.972. The Morgan fingerprint density at radius 2 is 2.08 bits per heavy atom. The van der Waals surface area contributed by atoms with Crippen molar-refractivity contribution in [1.82, 2.24) is 9.97 Å². The summed E-state index contributed by atoms with van der Waals surface area (Å²) in [6.45, 7) is 0. The van der Waals surface area contributed by atoms with E-state index in [2.05, 4.69) is 9.97 Å². The van der Waals surface area contributed by atoms with Crippen LogP contribution in [0.5, 0.6) is 5.75 Å². The zero-order valence-electron chi connectivity index (χ0n) is 6.14. The van der Waals surface area contributed by atoms with E-state index in [9.17, 15) is 0 Å². The number of aromatic nitrogens is 2. The minimum Gasteiger partial charge on any atom is -0.508 e. The lowest BCUT2D eigenvalue weighted by atomic mass is 10.2. The number of hydrogen-bond acceptors (Lipinski definition) is 3. The van der Waals surface area contributed by atoms with Crippen molar-refractivity contribution in [1.29, 1.82) is 0 Å². The topological polar surface area (TPSA) is 46.0 Å². The molecule has 12 heavy (non-hydrogen) atoms. The number of rotatable bonds is 0. The van der Waals surface area contributed by atoms with E-state index < -0.39 is 0 Å². The highest BCUT2D eigenvalue weighted by Gasteiger charge is 1.93. The SMILES string of the molecule is Cl.Oc1ccc2ncncc2c1. The molecule has 0 bridgehead atoms. The van der Waals surface area contributed by atoms with Gasteiger partial charge in [-0.2, -0.15) is 0 Å². The number of aromatic hydroxyl groups is 1. The van der Waals surface area contributed by atoms with E-state index >= 15 is 0 Å². The third-order valence-corrected chi connectivity index (χ3v) is 1.49. The van der Waals surface area contributed by atoms with E-state index in [0.717, 1.165) is 10.9 Å². The highest BCUT2D eigenvalue weighted by atomic mass is 35.5. The second-order valence-electron chi connectivity index (χ2n) is 2.27. The molecule has 0 saturated heterocycles. The van der Waals surface area contributed by atoms with Crippen molar-refractivity contribution in [3.63, 3.8) is 0 Å². The van der Waals surface area contributed by atoms with Crippen LogP contribution in [0.1, 0.15) is 0 Å². The van der Waals surface area contributed by atoms with Crippen LogP contribution in [-0.4, -0.2) is 15.1 Å². The second-order valence-corrected chi connectivity index (χ2v) is 2.27. The van der Waals surface area contributed by atoms with Crippen molar-refractivity contribution >= 4 is 23.3 Å². The minimum absolute atomic E-state index is 0. The van der Waals surface area contributed by atoms with Crippen molar-refractivity contribution in [3.05, 3.63) is 30.7 Å². The molecular weight excluding hydrogens is 176 g/mol. The molecule has 0 radical (unpaired) electrons. The number of benzene rings is 1. The van der Waals surface area contributed by atoms with E-state index in [4.69, 9.17) is 5.11 Å². The first-order valence-corrected chi connectivity index (χ1v) is 3.25. The average molecular weight is 183 g/mol. The van der Waals surface area contributed by atoms with Gasteiger partial charge in [0.05, 0.1) is 5.52 Å². The Kier molecular flexibility index (Phi) is 2.45. The van der Waals surface area contributed by atoms with Gasteiger partial charge in [0.2, 0.25) is 0 Å². The second kappa shape index (κ2) is 3.36. The molecule has 1 N–H and O–H groups in total. The van der Waals surface area contributed by atoms with Gasteiger partial charge in [-0.25, -0.2) is 9.97 Å². The van der Waals surface area contributed by atoms with Crippen molar-refractivity contribution in [2.45, 2.75) is 0 Å². The highest BCUT2D eigenvalue weighted by Crippen LogP contribution is 2.15. The molecule has 0 aliphatic carbocycles. The molecule has 1 heterocycles. The van der Waals surface area contributed by atoms with Crippen molar-refractivity contribution in [2.75, 3.05) is 0 Å². The minimum atomic E-state index is 0. The smallest absolute Gasteiger partial charge is 0.116 e. The summed E-state index contributed by atoms with van der Waals surface area (Å²) in [5.41, 5.74) is 0.845. The van der Waals surface area contributed by atoms with Crippen molar-refractivity contribution in [2.24, 2.45) is 0 Å². The van der Waals surface area contributed by atoms with Crippen LogP contribution >= 0.6 is 12.4 Å². The van der Waals surface area contributed by atoms with E-state index in [1.54, 1.807) is 24.4 Å². The normalized spacial score (nSPS) is 9.33. The summed E-state index contributed by atoms with van der Waals surface area (Å²) in [7, 11) is 0. The number of phenolic OH excluding ortho intramolecular Hbond substituents is 1. The molecule has 2 rings (SSSR count). The predicted molar refractivity (Wildman–Crippen MR) is 48.5 cm³/mol. The lowest BCUT2D eigenvalue weighted by Crippen LogP contribution is -1.78. The Bertz CT molecular complexity index is 391. The van der Waals surface area contributed by atoms with Gasteiger partial charge in [-0.3, -0.25) is 0 Å². The maximum Gasteiger partial charge on any atom is 0.116 e. The molecular formula is C8H7ClN2O. The molecule has 0 aliphatic rings. The first-order chi connectivity index (χ1) is 5.36. The van der Waals surface area contributed by atoms with Crippen LogP contribution in [-0.2, 0) is 0 Å². The molecule has 0 fully saturated rings. The summed E-state index contributed by atoms with van der Waals surface area (Å²) in [4.78, 5) is 7.83. The summed E-state index contributed by atoms with van der Waals surface area (Å²) >= 11 is 0. The van der Waals surface area contributed by atoms with E-state index in [-0.39, 0.29) is 18.2 Å². The van der Waals surface area contributed by atoms with Crippen LogP contribution in [0, 0.1) is 0 Å². The van der Waals surface area contributed by atoms with E-state index in [1.807, 2.05) is 0 Å². The van der Waals surface area contributed by atoms with Gasteiger partial charge in [-0.05, 0) is 18.2 Å². The molecule has 0 unspecified atom stereocenters. The summed E-state index contributed by atoms with van der Waals surface area (Å²) in [5.74, 6) is 0.243. The van der Waals surface area contributed by atoms with Gasteiger partial charge in [0.25, 0.3) is 0 Å². The summed E-state index contributed by atoms with van der Waals surface area (Å²) < 4.78 is 0. The van der Waals surface area contributed by atoms with Crippen LogP contribution < -0.4 is 0 Å². The van der Waals surface area contributed by atoms with E-state index in [1.165, 1.54) is 6.33 Å².